The van der Waals surface area contributed by atoms with Crippen molar-refractivity contribution in [2.75, 3.05) is 33.0 Å². The maximum atomic E-state index is 10.3. The minimum Gasteiger partial charge on any atom is -0.396 e. The van der Waals surface area contributed by atoms with Gasteiger partial charge < -0.3 is 30.6 Å². The van der Waals surface area contributed by atoms with E-state index < -0.39 is 55.9 Å². The second-order valence-corrected chi connectivity index (χ2v) is 5.10. The predicted octanol–water partition coefficient (Wildman–Crippen LogP) is -1.67. The maximum absolute atomic E-state index is 10.3. The first-order valence-corrected chi connectivity index (χ1v) is 6.16. The molecule has 6 nitrogen and oxygen atoms in total. The number of hydrogen-bond donors (Lipinski definition) is 6. The van der Waals surface area contributed by atoms with E-state index in [0.717, 1.165) is 0 Å². The summed E-state index contributed by atoms with van der Waals surface area (Å²) < 4.78 is 0. The van der Waals surface area contributed by atoms with Crippen LogP contribution >= 0.6 is 0 Å². The van der Waals surface area contributed by atoms with Crippen molar-refractivity contribution in [1.29, 1.82) is 0 Å². The molecule has 0 radical (unpaired) electrons. The van der Waals surface area contributed by atoms with Crippen LogP contribution in [0, 0.1) is 16.7 Å². The van der Waals surface area contributed by atoms with Crippen LogP contribution in [0.1, 0.15) is 20.3 Å². The third kappa shape index (κ3) is 3.01. The monoisotopic (exact) mass is 266 g/mol. The summed E-state index contributed by atoms with van der Waals surface area (Å²) in [6.45, 7) is 0.996. The Morgan fingerprint density at radius 1 is 0.778 bits per heavy atom. The van der Waals surface area contributed by atoms with Crippen LogP contribution in [0.4, 0.5) is 0 Å². The third-order valence-corrected chi connectivity index (χ3v) is 4.35. The summed E-state index contributed by atoms with van der Waals surface area (Å²) in [5.74, 6) is -0.684. The molecule has 0 aromatic rings. The van der Waals surface area contributed by atoms with Gasteiger partial charge in [-0.2, -0.15) is 0 Å². The Kier molecular flexibility index (Phi) is 7.28. The number of hydrogen-bond acceptors (Lipinski definition) is 6. The molecule has 0 saturated heterocycles. The van der Waals surface area contributed by atoms with E-state index in [1.54, 1.807) is 13.8 Å². The summed E-state index contributed by atoms with van der Waals surface area (Å²) >= 11 is 0. The summed E-state index contributed by atoms with van der Waals surface area (Å²) in [5.41, 5.74) is -2.35. The van der Waals surface area contributed by atoms with Gasteiger partial charge in [0.25, 0.3) is 0 Å². The Morgan fingerprint density at radius 3 is 1.33 bits per heavy atom. The first-order chi connectivity index (χ1) is 8.43. The molecule has 0 aliphatic rings. The topological polar surface area (TPSA) is 121 Å². The Labute approximate surface area is 108 Å². The zero-order valence-electron chi connectivity index (χ0n) is 11.1. The fraction of sp³-hybridized carbons (Fsp3) is 1.00. The zero-order chi connectivity index (χ0) is 14.4. The molecule has 0 spiro atoms. The summed E-state index contributed by atoms with van der Waals surface area (Å²) in [7, 11) is 0. The van der Waals surface area contributed by atoms with Crippen molar-refractivity contribution in [3.05, 3.63) is 0 Å². The van der Waals surface area contributed by atoms with Crippen LogP contribution < -0.4 is 0 Å². The molecule has 0 amide bonds. The fourth-order valence-electron chi connectivity index (χ4n) is 2.12. The average Bonchev–Trinajstić information content (AvgIpc) is 2.43. The van der Waals surface area contributed by atoms with E-state index in [-0.39, 0.29) is 0 Å². The zero-order valence-corrected chi connectivity index (χ0v) is 11.1. The van der Waals surface area contributed by atoms with Gasteiger partial charge in [-0.15, -0.1) is 0 Å². The third-order valence-electron chi connectivity index (χ3n) is 4.35. The van der Waals surface area contributed by atoms with Crippen LogP contribution in [0.2, 0.25) is 0 Å². The van der Waals surface area contributed by atoms with Crippen molar-refractivity contribution in [3.8, 4) is 0 Å². The maximum Gasteiger partial charge on any atom is 0.0673 e. The largest absolute Gasteiger partial charge is 0.396 e. The standard InChI is InChI=1S/C12H26O6/c1-3-11(4-13,5-14)10(18)9(2)12(6-15,7-16)8-17/h9-10,13-18H,3-8H2,1-2H3. The molecule has 2 unspecified atom stereocenters. The van der Waals surface area contributed by atoms with Gasteiger partial charge >= 0.3 is 0 Å². The lowest BCUT2D eigenvalue weighted by atomic mass is 9.66. The lowest BCUT2D eigenvalue weighted by molar-refractivity contribution is -0.137. The van der Waals surface area contributed by atoms with E-state index >= 15 is 0 Å². The van der Waals surface area contributed by atoms with Gasteiger partial charge in [0.2, 0.25) is 0 Å². The summed E-state index contributed by atoms with van der Waals surface area (Å²) in [4.78, 5) is 0. The second-order valence-electron chi connectivity index (χ2n) is 5.10. The molecule has 0 aliphatic heterocycles. The molecule has 0 saturated carbocycles. The lowest BCUT2D eigenvalue weighted by Gasteiger charge is -2.44. The number of aliphatic hydroxyl groups is 6. The molecule has 2 atom stereocenters. The molecule has 6 N–H and O–H groups in total. The normalized spacial score (nSPS) is 16.7. The molecule has 0 bridgehead atoms. The van der Waals surface area contributed by atoms with Gasteiger partial charge in [-0.05, 0) is 12.3 Å². The molecule has 18 heavy (non-hydrogen) atoms. The van der Waals surface area contributed by atoms with Gasteiger partial charge in [0.1, 0.15) is 0 Å². The first-order valence-electron chi connectivity index (χ1n) is 6.16. The van der Waals surface area contributed by atoms with Gasteiger partial charge in [-0.25, -0.2) is 0 Å². The number of aliphatic hydroxyl groups excluding tert-OH is 6. The quantitative estimate of drug-likeness (QED) is 0.297. The molecule has 0 fully saturated rings. The van der Waals surface area contributed by atoms with Crippen LogP contribution in [-0.4, -0.2) is 69.8 Å². The van der Waals surface area contributed by atoms with Gasteiger partial charge in [0.15, 0.2) is 0 Å². The molecular weight excluding hydrogens is 240 g/mol. The van der Waals surface area contributed by atoms with Gasteiger partial charge in [-0.1, -0.05) is 13.8 Å². The van der Waals surface area contributed by atoms with E-state index in [4.69, 9.17) is 0 Å². The highest BCUT2D eigenvalue weighted by Gasteiger charge is 2.46. The molecule has 0 heterocycles. The first kappa shape index (κ1) is 17.8. The molecular formula is C12H26O6. The highest BCUT2D eigenvalue weighted by atomic mass is 16.3. The Bertz CT molecular complexity index is 184. The summed E-state index contributed by atoms with van der Waals surface area (Å²) in [5, 5.41) is 57.0. The molecule has 0 rings (SSSR count). The van der Waals surface area contributed by atoms with Crippen molar-refractivity contribution in [3.63, 3.8) is 0 Å². The second kappa shape index (κ2) is 7.37. The molecule has 0 aliphatic carbocycles. The van der Waals surface area contributed by atoms with Crippen molar-refractivity contribution >= 4 is 0 Å². The van der Waals surface area contributed by atoms with Crippen LogP contribution in [0.15, 0.2) is 0 Å². The van der Waals surface area contributed by atoms with E-state index in [1.165, 1.54) is 0 Å². The summed E-state index contributed by atoms with van der Waals surface area (Å²) in [6.07, 6.45) is -0.812. The Hall–Kier alpha value is -0.240. The van der Waals surface area contributed by atoms with E-state index in [1.807, 2.05) is 0 Å². The molecule has 110 valence electrons. The van der Waals surface area contributed by atoms with Crippen molar-refractivity contribution < 1.29 is 30.6 Å². The highest BCUT2D eigenvalue weighted by Crippen LogP contribution is 2.38. The predicted molar refractivity (Wildman–Crippen MR) is 65.8 cm³/mol. The van der Waals surface area contributed by atoms with E-state index in [0.29, 0.717) is 6.42 Å². The lowest BCUT2D eigenvalue weighted by Crippen LogP contribution is -2.53. The van der Waals surface area contributed by atoms with Crippen molar-refractivity contribution in [2.24, 2.45) is 16.7 Å². The van der Waals surface area contributed by atoms with E-state index in [9.17, 15) is 30.6 Å². The SMILES string of the molecule is CCC(CO)(CO)C(O)C(C)C(CO)(CO)CO. The average molecular weight is 266 g/mol. The highest BCUT2D eigenvalue weighted by molar-refractivity contribution is 4.95. The van der Waals surface area contributed by atoms with Crippen LogP contribution in [0.3, 0.4) is 0 Å². The smallest absolute Gasteiger partial charge is 0.0673 e. The minimum absolute atomic E-state index is 0.337. The van der Waals surface area contributed by atoms with Crippen LogP contribution in [-0.2, 0) is 0 Å². The Balaban J connectivity index is 5.22. The van der Waals surface area contributed by atoms with Crippen molar-refractivity contribution in [1.82, 2.24) is 0 Å². The van der Waals surface area contributed by atoms with Crippen LogP contribution in [0.5, 0.6) is 0 Å². The number of rotatable bonds is 9. The van der Waals surface area contributed by atoms with Crippen molar-refractivity contribution in [2.45, 2.75) is 26.4 Å². The van der Waals surface area contributed by atoms with Gasteiger partial charge in [0.05, 0.1) is 39.1 Å². The van der Waals surface area contributed by atoms with Gasteiger partial charge in [-0.3, -0.25) is 0 Å². The Morgan fingerprint density at radius 2 is 1.11 bits per heavy atom. The van der Waals surface area contributed by atoms with E-state index in [2.05, 4.69) is 0 Å². The molecule has 0 aromatic heterocycles. The summed E-state index contributed by atoms with van der Waals surface area (Å²) in [6, 6.07) is 0. The molecule has 0 aromatic carbocycles. The molecule has 6 heteroatoms. The van der Waals surface area contributed by atoms with Gasteiger partial charge in [0, 0.05) is 10.8 Å². The fourth-order valence-corrected chi connectivity index (χ4v) is 2.12. The minimum atomic E-state index is -1.25. The van der Waals surface area contributed by atoms with Crippen LogP contribution in [0.25, 0.3) is 0 Å².